The van der Waals surface area contributed by atoms with E-state index in [1.807, 2.05) is 42.6 Å². The van der Waals surface area contributed by atoms with Crippen molar-refractivity contribution in [3.8, 4) is 5.75 Å². The molecule has 0 aliphatic carbocycles. The first-order chi connectivity index (χ1) is 10.7. The van der Waals surface area contributed by atoms with E-state index < -0.39 is 0 Å². The third kappa shape index (κ3) is 4.70. The fraction of sp³-hybridized carbons (Fsp3) is 0.211. The molecule has 0 spiro atoms. The standard InChI is InChI=1S/C19H20N2O.BrH/c1-15(2)14-22-19-8-6-16(7-9-19)20-17-10-12-21-11-4-3-5-18(21)13-17;/h3-13,15H,14H2,1-2H3;1H. The zero-order chi connectivity index (χ0) is 15.4. The summed E-state index contributed by atoms with van der Waals surface area (Å²) in [4.78, 5) is 0. The predicted molar refractivity (Wildman–Crippen MR) is 89.7 cm³/mol. The van der Waals surface area contributed by atoms with Crippen LogP contribution in [0, 0.1) is 5.92 Å². The molecular formula is C19H21BrN2O. The minimum atomic E-state index is 0. The largest absolute Gasteiger partial charge is 1.00 e. The van der Waals surface area contributed by atoms with E-state index in [1.54, 1.807) is 0 Å². The summed E-state index contributed by atoms with van der Waals surface area (Å²) in [6, 6.07) is 18.4. The Kier molecular flexibility index (Phi) is 5.99. The molecule has 0 bridgehead atoms. The summed E-state index contributed by atoms with van der Waals surface area (Å²) in [6.07, 6.45) is 4.09. The van der Waals surface area contributed by atoms with E-state index >= 15 is 0 Å². The topological polar surface area (TPSA) is 25.4 Å². The van der Waals surface area contributed by atoms with Gasteiger partial charge >= 0.3 is 0 Å². The molecule has 1 aromatic carbocycles. The fourth-order valence-electron chi connectivity index (χ4n) is 2.24. The van der Waals surface area contributed by atoms with Gasteiger partial charge in [-0.25, -0.2) is 0 Å². The number of halogens is 1. The summed E-state index contributed by atoms with van der Waals surface area (Å²) >= 11 is 0. The van der Waals surface area contributed by atoms with Crippen molar-refractivity contribution >= 4 is 16.9 Å². The Balaban J connectivity index is 0.00000192. The van der Waals surface area contributed by atoms with Crippen LogP contribution in [0.25, 0.3) is 5.52 Å². The highest BCUT2D eigenvalue weighted by atomic mass is 79.9. The van der Waals surface area contributed by atoms with Gasteiger partial charge in [-0.15, -0.1) is 0 Å². The second-order valence-corrected chi connectivity index (χ2v) is 5.80. The first-order valence-corrected chi connectivity index (χ1v) is 7.61. The lowest BCUT2D eigenvalue weighted by atomic mass is 10.2. The monoisotopic (exact) mass is 372 g/mol. The number of benzene rings is 1. The molecule has 0 radical (unpaired) electrons. The normalized spacial score (nSPS) is 10.4. The summed E-state index contributed by atoms with van der Waals surface area (Å²) in [5.74, 6) is 1.45. The molecule has 120 valence electrons. The van der Waals surface area contributed by atoms with E-state index in [4.69, 9.17) is 4.74 Å². The smallest absolute Gasteiger partial charge is 0.212 e. The zero-order valence-corrected chi connectivity index (χ0v) is 15.0. The van der Waals surface area contributed by atoms with Gasteiger partial charge in [-0.05, 0) is 36.2 Å². The van der Waals surface area contributed by atoms with Crippen molar-refractivity contribution in [1.82, 2.24) is 0 Å². The molecule has 2 aromatic heterocycles. The van der Waals surface area contributed by atoms with Gasteiger partial charge in [-0.3, -0.25) is 0 Å². The van der Waals surface area contributed by atoms with Crippen LogP contribution in [0.3, 0.4) is 0 Å². The first kappa shape index (κ1) is 17.3. The van der Waals surface area contributed by atoms with Crippen molar-refractivity contribution in [3.63, 3.8) is 0 Å². The lowest BCUT2D eigenvalue weighted by Crippen LogP contribution is -3.00. The van der Waals surface area contributed by atoms with Crippen molar-refractivity contribution in [1.29, 1.82) is 0 Å². The molecule has 0 amide bonds. The molecule has 0 fully saturated rings. The maximum Gasteiger partial charge on any atom is 0.212 e. The van der Waals surface area contributed by atoms with Crippen LogP contribution in [0.2, 0.25) is 0 Å². The summed E-state index contributed by atoms with van der Waals surface area (Å²) in [6.45, 7) is 5.04. The lowest BCUT2D eigenvalue weighted by Gasteiger charge is -2.10. The summed E-state index contributed by atoms with van der Waals surface area (Å²) in [7, 11) is 0. The number of aromatic nitrogens is 1. The van der Waals surface area contributed by atoms with Gasteiger partial charge in [0.15, 0.2) is 12.4 Å². The second kappa shape index (κ2) is 7.97. The molecule has 0 aliphatic rings. The molecule has 3 rings (SSSR count). The van der Waals surface area contributed by atoms with E-state index in [2.05, 4.69) is 48.0 Å². The van der Waals surface area contributed by atoms with Crippen LogP contribution < -0.4 is 31.4 Å². The number of hydrogen-bond acceptors (Lipinski definition) is 2. The van der Waals surface area contributed by atoms with E-state index in [1.165, 1.54) is 0 Å². The molecule has 1 N–H and O–H groups in total. The maximum absolute atomic E-state index is 5.70. The third-order valence-electron chi connectivity index (χ3n) is 3.37. The quantitative estimate of drug-likeness (QED) is 0.681. The van der Waals surface area contributed by atoms with Crippen LogP contribution in [-0.2, 0) is 0 Å². The van der Waals surface area contributed by atoms with Crippen LogP contribution in [0.4, 0.5) is 11.4 Å². The molecule has 0 aliphatic heterocycles. The van der Waals surface area contributed by atoms with Crippen molar-refractivity contribution in [2.24, 2.45) is 5.92 Å². The van der Waals surface area contributed by atoms with Gasteiger partial charge < -0.3 is 27.0 Å². The highest BCUT2D eigenvalue weighted by molar-refractivity contribution is 5.63. The molecule has 3 nitrogen and oxygen atoms in total. The van der Waals surface area contributed by atoms with E-state index in [-0.39, 0.29) is 17.0 Å². The molecule has 3 aromatic rings. The number of fused-ring (bicyclic) bond motifs is 1. The average molecular weight is 373 g/mol. The Morgan fingerprint density at radius 3 is 2.48 bits per heavy atom. The Bertz CT molecular complexity index is 757. The molecule has 23 heavy (non-hydrogen) atoms. The maximum atomic E-state index is 5.70. The molecule has 2 heterocycles. The number of rotatable bonds is 5. The SMILES string of the molecule is CC(C)COc1ccc(Nc2cc[n+]3ccccc3c2)cc1.[Br-]. The summed E-state index contributed by atoms with van der Waals surface area (Å²) < 4.78 is 7.79. The van der Waals surface area contributed by atoms with Crippen LogP contribution >= 0.6 is 0 Å². The number of nitrogens with zero attached hydrogens (tertiary/aromatic N) is 1. The summed E-state index contributed by atoms with van der Waals surface area (Å²) in [5.41, 5.74) is 3.28. The van der Waals surface area contributed by atoms with Crippen molar-refractivity contribution in [2.75, 3.05) is 11.9 Å². The minimum Gasteiger partial charge on any atom is -1.00 e. The number of pyridine rings is 2. The average Bonchev–Trinajstić information content (AvgIpc) is 2.54. The highest BCUT2D eigenvalue weighted by Gasteiger charge is 2.03. The van der Waals surface area contributed by atoms with Crippen molar-refractivity contribution in [2.45, 2.75) is 13.8 Å². The number of ether oxygens (including phenoxy) is 1. The van der Waals surface area contributed by atoms with Crippen LogP contribution in [-0.4, -0.2) is 6.61 Å². The number of nitrogens with one attached hydrogen (secondary N) is 1. The molecular weight excluding hydrogens is 352 g/mol. The van der Waals surface area contributed by atoms with Crippen LogP contribution in [0.15, 0.2) is 67.0 Å². The van der Waals surface area contributed by atoms with Crippen LogP contribution in [0.1, 0.15) is 13.8 Å². The van der Waals surface area contributed by atoms with E-state index in [0.717, 1.165) is 29.2 Å². The lowest BCUT2D eigenvalue weighted by molar-refractivity contribution is -0.511. The van der Waals surface area contributed by atoms with Gasteiger partial charge in [0.1, 0.15) is 5.75 Å². The van der Waals surface area contributed by atoms with Gasteiger partial charge in [0, 0.05) is 30.0 Å². The van der Waals surface area contributed by atoms with Gasteiger partial charge in [-0.2, -0.15) is 4.40 Å². The fourth-order valence-corrected chi connectivity index (χ4v) is 2.24. The van der Waals surface area contributed by atoms with Crippen molar-refractivity contribution < 1.29 is 26.1 Å². The van der Waals surface area contributed by atoms with Crippen LogP contribution in [0.5, 0.6) is 5.75 Å². The Labute approximate surface area is 147 Å². The second-order valence-electron chi connectivity index (χ2n) is 5.80. The minimum absolute atomic E-state index is 0. The highest BCUT2D eigenvalue weighted by Crippen LogP contribution is 2.20. The molecule has 0 unspecified atom stereocenters. The first-order valence-electron chi connectivity index (χ1n) is 7.61. The third-order valence-corrected chi connectivity index (χ3v) is 3.37. The Morgan fingerprint density at radius 1 is 0.957 bits per heavy atom. The molecule has 4 heteroatoms. The summed E-state index contributed by atoms with van der Waals surface area (Å²) in [5, 5.41) is 3.42. The van der Waals surface area contributed by atoms with E-state index in [9.17, 15) is 0 Å². The zero-order valence-electron chi connectivity index (χ0n) is 13.4. The Morgan fingerprint density at radius 2 is 1.74 bits per heavy atom. The molecule has 0 saturated heterocycles. The van der Waals surface area contributed by atoms with Crippen molar-refractivity contribution in [3.05, 3.63) is 67.0 Å². The van der Waals surface area contributed by atoms with E-state index in [0.29, 0.717) is 5.92 Å². The van der Waals surface area contributed by atoms with Gasteiger partial charge in [-0.1, -0.05) is 13.8 Å². The predicted octanol–water partition coefficient (Wildman–Crippen LogP) is 1.21. The molecule has 0 atom stereocenters. The van der Waals surface area contributed by atoms with Gasteiger partial charge in [0.05, 0.1) is 12.3 Å². The number of anilines is 2. The Hall–Kier alpha value is -2.07. The molecule has 0 saturated carbocycles. The van der Waals surface area contributed by atoms with Gasteiger partial charge in [0.25, 0.3) is 0 Å². The number of hydrogen-bond donors (Lipinski definition) is 1. The van der Waals surface area contributed by atoms with Gasteiger partial charge in [0.2, 0.25) is 5.52 Å².